The van der Waals surface area contributed by atoms with Crippen molar-refractivity contribution in [2.24, 2.45) is 0 Å². The van der Waals surface area contributed by atoms with Gasteiger partial charge in [0.05, 0.1) is 0 Å². The number of nitrogens with zero attached hydrogens (tertiary/aromatic N) is 4. The molecule has 1 aromatic heterocycles. The van der Waals surface area contributed by atoms with Crippen molar-refractivity contribution in [3.8, 4) is 0 Å². The lowest BCUT2D eigenvalue weighted by molar-refractivity contribution is 0.122. The number of nitrogen functional groups attached to an aromatic ring is 1. The first-order valence-corrected chi connectivity index (χ1v) is 6.76. The predicted octanol–water partition coefficient (Wildman–Crippen LogP) is 0.479. The quantitative estimate of drug-likeness (QED) is 0.845. The maximum absolute atomic E-state index is 5.72. The Labute approximate surface area is 116 Å². The van der Waals surface area contributed by atoms with Gasteiger partial charge in [-0.25, -0.2) is 9.97 Å². The van der Waals surface area contributed by atoms with Crippen LogP contribution in [0.5, 0.6) is 0 Å². The highest BCUT2D eigenvalue weighted by Crippen LogP contribution is 2.24. The van der Waals surface area contributed by atoms with Gasteiger partial charge < -0.3 is 16.0 Å². The Hall–Kier alpha value is -0.920. The number of likely N-dealkylation sites (N-methyl/N-ethyl adjacent to an activating group) is 2. The molecule has 2 rings (SSSR count). The number of halogens is 1. The second-order valence-corrected chi connectivity index (χ2v) is 5.49. The van der Waals surface area contributed by atoms with E-state index >= 15 is 0 Å². The van der Waals surface area contributed by atoms with Gasteiger partial charge in [-0.2, -0.15) is 0 Å². The standard InChI is InChI=1S/C11H19BrN6/c1-17-3-4-18(2)8(6-17)5-14-11-9(12)10(13)15-7-16-11/h7-8H,3-6H2,1-2H3,(H3,13,14,15,16). The maximum atomic E-state index is 5.72. The first kappa shape index (κ1) is 13.5. The molecule has 1 aromatic rings. The average Bonchev–Trinajstić information content (AvgIpc) is 2.35. The molecule has 6 nitrogen and oxygen atoms in total. The molecule has 1 atom stereocenters. The van der Waals surface area contributed by atoms with Crippen molar-refractivity contribution in [1.29, 1.82) is 0 Å². The first-order valence-electron chi connectivity index (χ1n) is 5.96. The van der Waals surface area contributed by atoms with Crippen LogP contribution in [-0.2, 0) is 0 Å². The Morgan fingerprint density at radius 3 is 3.00 bits per heavy atom. The summed E-state index contributed by atoms with van der Waals surface area (Å²) in [6, 6.07) is 0.479. The van der Waals surface area contributed by atoms with Crippen molar-refractivity contribution in [2.45, 2.75) is 6.04 Å². The van der Waals surface area contributed by atoms with E-state index in [1.54, 1.807) is 0 Å². The minimum absolute atomic E-state index is 0.460. The molecule has 0 aromatic carbocycles. The SMILES string of the molecule is CN1CCN(C)C(CNc2ncnc(N)c2Br)C1. The molecular weight excluding hydrogens is 296 g/mol. The largest absolute Gasteiger partial charge is 0.383 e. The molecule has 0 aliphatic carbocycles. The van der Waals surface area contributed by atoms with Crippen LogP contribution in [0.2, 0.25) is 0 Å². The van der Waals surface area contributed by atoms with Crippen molar-refractivity contribution >= 4 is 27.6 Å². The number of piperazine rings is 1. The van der Waals surface area contributed by atoms with E-state index < -0.39 is 0 Å². The van der Waals surface area contributed by atoms with E-state index in [-0.39, 0.29) is 0 Å². The Morgan fingerprint density at radius 1 is 1.44 bits per heavy atom. The lowest BCUT2D eigenvalue weighted by atomic mass is 10.2. The number of rotatable bonds is 3. The van der Waals surface area contributed by atoms with Gasteiger partial charge in [0.1, 0.15) is 22.4 Å². The van der Waals surface area contributed by atoms with Gasteiger partial charge in [0, 0.05) is 32.2 Å². The van der Waals surface area contributed by atoms with Crippen molar-refractivity contribution in [2.75, 3.05) is 51.3 Å². The summed E-state index contributed by atoms with van der Waals surface area (Å²) in [5, 5.41) is 3.33. The molecule has 3 N–H and O–H groups in total. The number of hydrogen-bond acceptors (Lipinski definition) is 6. The zero-order chi connectivity index (χ0) is 13.1. The van der Waals surface area contributed by atoms with E-state index in [9.17, 15) is 0 Å². The highest BCUT2D eigenvalue weighted by atomic mass is 79.9. The molecule has 1 aliphatic rings. The molecule has 0 saturated carbocycles. The minimum atomic E-state index is 0.460. The molecule has 0 radical (unpaired) electrons. The van der Waals surface area contributed by atoms with Crippen LogP contribution in [0.1, 0.15) is 0 Å². The third-order valence-corrected chi connectivity index (χ3v) is 4.08. The molecule has 1 aliphatic heterocycles. The van der Waals surface area contributed by atoms with Crippen LogP contribution in [0.15, 0.2) is 10.8 Å². The van der Waals surface area contributed by atoms with Crippen molar-refractivity contribution < 1.29 is 0 Å². The molecule has 2 heterocycles. The molecule has 1 saturated heterocycles. The van der Waals surface area contributed by atoms with E-state index in [0.717, 1.165) is 36.5 Å². The zero-order valence-corrected chi connectivity index (χ0v) is 12.3. The van der Waals surface area contributed by atoms with Crippen molar-refractivity contribution in [3.05, 3.63) is 10.8 Å². The van der Waals surface area contributed by atoms with Gasteiger partial charge >= 0.3 is 0 Å². The van der Waals surface area contributed by atoms with E-state index in [4.69, 9.17) is 5.73 Å². The summed E-state index contributed by atoms with van der Waals surface area (Å²) in [6.07, 6.45) is 1.47. The van der Waals surface area contributed by atoms with Gasteiger partial charge in [-0.1, -0.05) is 0 Å². The van der Waals surface area contributed by atoms with E-state index in [0.29, 0.717) is 11.9 Å². The highest BCUT2D eigenvalue weighted by Gasteiger charge is 2.22. The van der Waals surface area contributed by atoms with E-state index in [2.05, 4.69) is 55.1 Å². The van der Waals surface area contributed by atoms with Gasteiger partial charge in [-0.15, -0.1) is 0 Å². The molecule has 18 heavy (non-hydrogen) atoms. The number of aromatic nitrogens is 2. The Balaban J connectivity index is 1.96. The van der Waals surface area contributed by atoms with Crippen LogP contribution >= 0.6 is 15.9 Å². The first-order chi connectivity index (χ1) is 8.58. The fourth-order valence-electron chi connectivity index (χ4n) is 2.04. The minimum Gasteiger partial charge on any atom is -0.383 e. The van der Waals surface area contributed by atoms with Gasteiger partial charge in [0.2, 0.25) is 0 Å². The second kappa shape index (κ2) is 5.81. The number of nitrogens with two attached hydrogens (primary N) is 1. The molecular formula is C11H19BrN6. The van der Waals surface area contributed by atoms with E-state index in [1.807, 2.05) is 0 Å². The second-order valence-electron chi connectivity index (χ2n) is 4.70. The molecule has 0 amide bonds. The zero-order valence-electron chi connectivity index (χ0n) is 10.7. The van der Waals surface area contributed by atoms with Gasteiger partial charge in [0.25, 0.3) is 0 Å². The van der Waals surface area contributed by atoms with Crippen molar-refractivity contribution in [3.63, 3.8) is 0 Å². The number of nitrogens with one attached hydrogen (secondary N) is 1. The fourth-order valence-corrected chi connectivity index (χ4v) is 2.39. The smallest absolute Gasteiger partial charge is 0.145 e. The monoisotopic (exact) mass is 314 g/mol. The van der Waals surface area contributed by atoms with Gasteiger partial charge in [0.15, 0.2) is 0 Å². The predicted molar refractivity (Wildman–Crippen MR) is 76.5 cm³/mol. The van der Waals surface area contributed by atoms with Crippen LogP contribution in [-0.4, -0.2) is 66.1 Å². The normalized spacial score (nSPS) is 22.1. The third kappa shape index (κ3) is 3.09. The summed E-state index contributed by atoms with van der Waals surface area (Å²) in [5.74, 6) is 1.21. The fraction of sp³-hybridized carbons (Fsp3) is 0.636. The average molecular weight is 315 g/mol. The summed E-state index contributed by atoms with van der Waals surface area (Å²) in [6.45, 7) is 4.12. The van der Waals surface area contributed by atoms with Gasteiger partial charge in [-0.3, -0.25) is 4.90 Å². The van der Waals surface area contributed by atoms with Crippen LogP contribution in [0.3, 0.4) is 0 Å². The highest BCUT2D eigenvalue weighted by molar-refractivity contribution is 9.10. The van der Waals surface area contributed by atoms with Gasteiger partial charge in [-0.05, 0) is 30.0 Å². The molecule has 7 heteroatoms. The summed E-state index contributed by atoms with van der Waals surface area (Å²) >= 11 is 3.40. The Morgan fingerprint density at radius 2 is 2.22 bits per heavy atom. The van der Waals surface area contributed by atoms with Crippen LogP contribution < -0.4 is 11.1 Å². The third-order valence-electron chi connectivity index (χ3n) is 3.30. The Bertz CT molecular complexity index is 413. The lowest BCUT2D eigenvalue weighted by Crippen LogP contribution is -2.52. The molecule has 100 valence electrons. The molecule has 1 unspecified atom stereocenters. The summed E-state index contributed by atoms with van der Waals surface area (Å²) in [7, 11) is 4.31. The van der Waals surface area contributed by atoms with Crippen LogP contribution in [0, 0.1) is 0 Å². The molecule has 0 bridgehead atoms. The van der Waals surface area contributed by atoms with Crippen LogP contribution in [0.25, 0.3) is 0 Å². The summed E-state index contributed by atoms with van der Waals surface area (Å²) in [5.41, 5.74) is 5.72. The summed E-state index contributed by atoms with van der Waals surface area (Å²) in [4.78, 5) is 12.8. The van der Waals surface area contributed by atoms with E-state index in [1.165, 1.54) is 6.33 Å². The Kier molecular flexibility index (Phi) is 4.36. The lowest BCUT2D eigenvalue weighted by Gasteiger charge is -2.37. The summed E-state index contributed by atoms with van der Waals surface area (Å²) < 4.78 is 0.733. The topological polar surface area (TPSA) is 70.3 Å². The molecule has 0 spiro atoms. The number of anilines is 2. The van der Waals surface area contributed by atoms with Crippen molar-refractivity contribution in [1.82, 2.24) is 19.8 Å². The molecule has 1 fully saturated rings. The number of hydrogen-bond donors (Lipinski definition) is 2. The maximum Gasteiger partial charge on any atom is 0.145 e. The van der Waals surface area contributed by atoms with Crippen LogP contribution in [0.4, 0.5) is 11.6 Å².